The van der Waals surface area contributed by atoms with Crippen molar-refractivity contribution >= 4 is 28.4 Å². The molecule has 1 heterocycles. The van der Waals surface area contributed by atoms with Crippen LogP contribution in [0.1, 0.15) is 47.8 Å². The van der Waals surface area contributed by atoms with Crippen LogP contribution in [0.4, 0.5) is 0 Å². The highest BCUT2D eigenvalue weighted by Crippen LogP contribution is 2.29. The summed E-state index contributed by atoms with van der Waals surface area (Å²) in [6, 6.07) is 19.8. The van der Waals surface area contributed by atoms with Gasteiger partial charge in [-0.15, -0.1) is 0 Å². The number of phenols is 1. The molecule has 4 rings (SSSR count). The number of β-amino-alcohol motifs (C(OH)–C–C–N with tert-alkyl or cyclic N) is 1. The summed E-state index contributed by atoms with van der Waals surface area (Å²) in [5.74, 6) is -0.117. The average molecular weight is 548 g/mol. The Morgan fingerprint density at radius 2 is 1.79 bits per heavy atom. The largest absolute Gasteiger partial charge is 0.506 e. The number of H-pyrrole nitrogens is 1. The van der Waals surface area contributed by atoms with Gasteiger partial charge in [0.25, 0.3) is 0 Å². The predicted octanol–water partition coefficient (Wildman–Crippen LogP) is 4.70. The minimum atomic E-state index is -0.852. The Hall–Kier alpha value is -3.65. The maximum absolute atomic E-state index is 12.6. The summed E-state index contributed by atoms with van der Waals surface area (Å²) in [5, 5.41) is 28.7. The number of phenolic OH excluding ortho intramolecular Hbond substituents is 1. The van der Waals surface area contributed by atoms with Crippen molar-refractivity contribution in [1.29, 1.82) is 0 Å². The Morgan fingerprint density at radius 3 is 2.56 bits per heavy atom. The van der Waals surface area contributed by atoms with Crippen molar-refractivity contribution < 1.29 is 15.0 Å². The van der Waals surface area contributed by atoms with Gasteiger partial charge in [-0.2, -0.15) is 0 Å². The summed E-state index contributed by atoms with van der Waals surface area (Å²) >= 11 is 6.28. The van der Waals surface area contributed by atoms with Crippen LogP contribution in [0.15, 0.2) is 71.5 Å². The number of amides is 1. The molecule has 0 fully saturated rings. The van der Waals surface area contributed by atoms with E-state index in [1.165, 1.54) is 12.1 Å². The van der Waals surface area contributed by atoms with Crippen LogP contribution in [0.25, 0.3) is 10.9 Å². The second kappa shape index (κ2) is 12.0. The SMILES string of the molecule is Cc1cccc(Cl)c1CNC(=O)Cc1cccc(CC(C)(C)NC[C@@H](O)c2ccc(O)c3[nH]c(=O)ccc23)c1. The van der Waals surface area contributed by atoms with Gasteiger partial charge in [0.15, 0.2) is 0 Å². The first-order chi connectivity index (χ1) is 18.5. The number of aryl methyl sites for hydroxylation is 1. The Balaban J connectivity index is 1.35. The molecular formula is C31H34ClN3O4. The number of benzene rings is 3. The smallest absolute Gasteiger partial charge is 0.248 e. The van der Waals surface area contributed by atoms with E-state index in [1.807, 2.05) is 49.4 Å². The van der Waals surface area contributed by atoms with Crippen molar-refractivity contribution in [2.24, 2.45) is 0 Å². The summed E-state index contributed by atoms with van der Waals surface area (Å²) in [4.78, 5) is 26.9. The van der Waals surface area contributed by atoms with Gasteiger partial charge in [-0.3, -0.25) is 9.59 Å². The lowest BCUT2D eigenvalue weighted by atomic mass is 9.92. The number of carbonyl (C=O) groups is 1. The highest BCUT2D eigenvalue weighted by Gasteiger charge is 2.21. The Kier molecular flexibility index (Phi) is 8.75. The number of aliphatic hydroxyl groups is 1. The number of halogens is 1. The number of carbonyl (C=O) groups excluding carboxylic acids is 1. The highest BCUT2D eigenvalue weighted by atomic mass is 35.5. The third-order valence-corrected chi connectivity index (χ3v) is 7.21. The first kappa shape index (κ1) is 28.4. The van der Waals surface area contributed by atoms with Gasteiger partial charge in [-0.05, 0) is 73.2 Å². The molecule has 4 aromatic rings. The van der Waals surface area contributed by atoms with Crippen molar-refractivity contribution in [2.45, 2.75) is 51.8 Å². The van der Waals surface area contributed by atoms with E-state index >= 15 is 0 Å². The summed E-state index contributed by atoms with van der Waals surface area (Å²) < 4.78 is 0. The molecule has 0 aliphatic heterocycles. The van der Waals surface area contributed by atoms with E-state index in [1.54, 1.807) is 12.1 Å². The Bertz CT molecular complexity index is 1530. The molecule has 0 aliphatic rings. The van der Waals surface area contributed by atoms with Crippen LogP contribution in [-0.4, -0.2) is 33.2 Å². The monoisotopic (exact) mass is 547 g/mol. The fraction of sp³-hybridized carbons (Fsp3) is 0.290. The maximum Gasteiger partial charge on any atom is 0.248 e. The molecule has 1 aromatic heterocycles. The van der Waals surface area contributed by atoms with Gasteiger partial charge in [0.2, 0.25) is 11.5 Å². The maximum atomic E-state index is 12.6. The highest BCUT2D eigenvalue weighted by molar-refractivity contribution is 6.31. The Morgan fingerprint density at radius 1 is 1.05 bits per heavy atom. The molecule has 0 bridgehead atoms. The molecule has 3 aromatic carbocycles. The molecule has 0 radical (unpaired) electrons. The van der Waals surface area contributed by atoms with E-state index < -0.39 is 6.10 Å². The van der Waals surface area contributed by atoms with E-state index in [0.717, 1.165) is 22.3 Å². The van der Waals surface area contributed by atoms with Gasteiger partial charge in [0.05, 0.1) is 18.0 Å². The number of nitrogens with one attached hydrogen (secondary N) is 3. The molecule has 8 heteroatoms. The number of hydrogen-bond donors (Lipinski definition) is 5. The normalized spacial score (nSPS) is 12.4. The van der Waals surface area contributed by atoms with Crippen LogP contribution >= 0.6 is 11.6 Å². The zero-order valence-electron chi connectivity index (χ0n) is 22.3. The second-order valence-electron chi connectivity index (χ2n) is 10.6. The molecule has 0 aliphatic carbocycles. The lowest BCUT2D eigenvalue weighted by Crippen LogP contribution is -2.43. The van der Waals surface area contributed by atoms with Gasteiger partial charge in [-0.25, -0.2) is 0 Å². The standard InChI is InChI=1S/C31H34ClN3O4/c1-19-6-4-9-25(32)24(19)17-33-29(39)15-20-7-5-8-21(14-20)16-31(2,3)34-18-27(37)22-10-12-26(36)30-23(22)11-13-28(38)35-30/h4-14,27,34,36-37H,15-18H2,1-3H3,(H,33,39)(H,35,38)/t27-/m1/s1. The molecule has 0 saturated carbocycles. The van der Waals surface area contributed by atoms with E-state index in [9.17, 15) is 19.8 Å². The van der Waals surface area contributed by atoms with Gasteiger partial charge < -0.3 is 25.8 Å². The van der Waals surface area contributed by atoms with E-state index in [2.05, 4.69) is 29.5 Å². The third kappa shape index (κ3) is 7.26. The van der Waals surface area contributed by atoms with Crippen molar-refractivity contribution in [1.82, 2.24) is 15.6 Å². The van der Waals surface area contributed by atoms with Crippen molar-refractivity contribution in [2.75, 3.05) is 6.54 Å². The number of pyridine rings is 1. The second-order valence-corrected chi connectivity index (χ2v) is 11.0. The van der Waals surface area contributed by atoms with Crippen molar-refractivity contribution in [3.63, 3.8) is 0 Å². The molecule has 1 atom stereocenters. The summed E-state index contributed by atoms with van der Waals surface area (Å²) in [6.45, 7) is 6.74. The topological polar surface area (TPSA) is 114 Å². The first-order valence-electron chi connectivity index (χ1n) is 12.9. The van der Waals surface area contributed by atoms with Crippen LogP contribution in [0.5, 0.6) is 5.75 Å². The van der Waals surface area contributed by atoms with Crippen LogP contribution < -0.4 is 16.2 Å². The molecule has 204 valence electrons. The number of rotatable bonds is 10. The molecular weight excluding hydrogens is 514 g/mol. The fourth-order valence-electron chi connectivity index (χ4n) is 4.78. The van der Waals surface area contributed by atoms with Crippen molar-refractivity contribution in [3.05, 3.63) is 110 Å². The van der Waals surface area contributed by atoms with Crippen molar-refractivity contribution in [3.8, 4) is 5.75 Å². The van der Waals surface area contributed by atoms with Gasteiger partial charge in [0.1, 0.15) is 5.75 Å². The predicted molar refractivity (Wildman–Crippen MR) is 155 cm³/mol. The minimum Gasteiger partial charge on any atom is -0.506 e. The lowest BCUT2D eigenvalue weighted by molar-refractivity contribution is -0.120. The molecule has 1 amide bonds. The molecule has 0 unspecified atom stereocenters. The molecule has 0 saturated heterocycles. The summed E-state index contributed by atoms with van der Waals surface area (Å²) in [5.41, 5.74) is 4.19. The van der Waals surface area contributed by atoms with Gasteiger partial charge >= 0.3 is 0 Å². The first-order valence-corrected chi connectivity index (χ1v) is 13.3. The van der Waals surface area contributed by atoms with Crippen LogP contribution in [0.3, 0.4) is 0 Å². The average Bonchev–Trinajstić information content (AvgIpc) is 2.87. The quantitative estimate of drug-likeness (QED) is 0.197. The molecule has 5 N–H and O–H groups in total. The third-order valence-electron chi connectivity index (χ3n) is 6.86. The molecule has 0 spiro atoms. The zero-order chi connectivity index (χ0) is 28.2. The van der Waals surface area contributed by atoms with Crippen LogP contribution in [0.2, 0.25) is 5.02 Å². The number of aromatic hydroxyl groups is 1. The lowest BCUT2D eigenvalue weighted by Gasteiger charge is -2.28. The minimum absolute atomic E-state index is 0.0421. The zero-order valence-corrected chi connectivity index (χ0v) is 23.1. The number of aliphatic hydroxyl groups excluding tert-OH is 1. The molecule has 39 heavy (non-hydrogen) atoms. The van der Waals surface area contributed by atoms with E-state index in [-0.39, 0.29) is 35.7 Å². The number of aromatic amines is 1. The van der Waals surface area contributed by atoms with Crippen LogP contribution in [-0.2, 0) is 24.2 Å². The van der Waals surface area contributed by atoms with E-state index in [4.69, 9.17) is 11.6 Å². The van der Waals surface area contributed by atoms with E-state index in [0.29, 0.717) is 34.5 Å². The Labute approximate surface area is 232 Å². The van der Waals surface area contributed by atoms with Crippen LogP contribution in [0, 0.1) is 6.92 Å². The number of aromatic nitrogens is 1. The number of fused-ring (bicyclic) bond motifs is 1. The fourth-order valence-corrected chi connectivity index (χ4v) is 5.07. The number of hydrogen-bond acceptors (Lipinski definition) is 5. The van der Waals surface area contributed by atoms with Gasteiger partial charge in [-0.1, -0.05) is 54.1 Å². The summed E-state index contributed by atoms with van der Waals surface area (Å²) in [7, 11) is 0. The molecule has 7 nitrogen and oxygen atoms in total. The summed E-state index contributed by atoms with van der Waals surface area (Å²) in [6.07, 6.45) is 0.0902. The van der Waals surface area contributed by atoms with Gasteiger partial charge in [0, 0.05) is 35.1 Å².